The van der Waals surface area contributed by atoms with Crippen LogP contribution in [0.15, 0.2) is 84.9 Å². The van der Waals surface area contributed by atoms with Crippen molar-refractivity contribution in [1.29, 1.82) is 0 Å². The molecule has 4 aromatic rings. The van der Waals surface area contributed by atoms with E-state index in [1.165, 1.54) is 0 Å². The summed E-state index contributed by atoms with van der Waals surface area (Å²) in [6.07, 6.45) is 2.22. The van der Waals surface area contributed by atoms with Gasteiger partial charge in [0.05, 0.1) is 5.56 Å². The predicted molar refractivity (Wildman–Crippen MR) is 121 cm³/mol. The normalized spacial score (nSPS) is 10.5. The molecule has 0 fully saturated rings. The van der Waals surface area contributed by atoms with Crippen molar-refractivity contribution in [2.45, 2.75) is 0 Å². The molecule has 0 saturated heterocycles. The van der Waals surface area contributed by atoms with E-state index in [2.05, 4.69) is 0 Å². The topological polar surface area (TPSA) is 71.4 Å². The van der Waals surface area contributed by atoms with Crippen LogP contribution in [0.3, 0.4) is 0 Å². The van der Waals surface area contributed by atoms with Gasteiger partial charge < -0.3 is 5.11 Å². The number of benzene rings is 4. The Morgan fingerprint density at radius 2 is 0.871 bits per heavy atom. The molecule has 4 nitrogen and oxygen atoms in total. The van der Waals surface area contributed by atoms with Gasteiger partial charge in [-0.15, -0.1) is 0 Å². The Bertz CT molecular complexity index is 1200. The maximum Gasteiger partial charge on any atom is 0.153 e. The molecule has 31 heavy (non-hydrogen) atoms. The number of phenolic OH excluding ortho intramolecular Hbond substituents is 1. The van der Waals surface area contributed by atoms with Gasteiger partial charge in [0.25, 0.3) is 0 Å². The monoisotopic (exact) mass is 406 g/mol. The van der Waals surface area contributed by atoms with Gasteiger partial charge in [0.2, 0.25) is 0 Å². The van der Waals surface area contributed by atoms with Crippen molar-refractivity contribution in [3.63, 3.8) is 0 Å². The fraction of sp³-hybridized carbons (Fsp3) is 0. The van der Waals surface area contributed by atoms with Crippen molar-refractivity contribution in [3.05, 3.63) is 102 Å². The van der Waals surface area contributed by atoms with Gasteiger partial charge in [-0.05, 0) is 63.7 Å². The van der Waals surface area contributed by atoms with E-state index in [4.69, 9.17) is 0 Å². The summed E-state index contributed by atoms with van der Waals surface area (Å²) < 4.78 is 0. The van der Waals surface area contributed by atoms with Gasteiger partial charge in [0.1, 0.15) is 18.3 Å². The summed E-state index contributed by atoms with van der Waals surface area (Å²) in [7, 11) is 0. The fourth-order valence-electron chi connectivity index (χ4n) is 3.46. The third-order valence-electron chi connectivity index (χ3n) is 5.18. The molecule has 0 amide bonds. The summed E-state index contributed by atoms with van der Waals surface area (Å²) >= 11 is 0. The molecule has 0 bridgehead atoms. The summed E-state index contributed by atoms with van der Waals surface area (Å²) in [5, 5.41) is 10.1. The molecule has 4 rings (SSSR count). The first-order valence-corrected chi connectivity index (χ1v) is 9.66. The van der Waals surface area contributed by atoms with Crippen molar-refractivity contribution in [2.75, 3.05) is 0 Å². The maximum atomic E-state index is 11.0. The van der Waals surface area contributed by atoms with E-state index in [9.17, 15) is 19.5 Å². The number of carbonyl (C=O) groups excluding carboxylic acids is 3. The first-order chi connectivity index (χ1) is 15.1. The average molecular weight is 406 g/mol. The summed E-state index contributed by atoms with van der Waals surface area (Å²) in [4.78, 5) is 33.0. The number of rotatable bonds is 6. The molecule has 0 unspecified atom stereocenters. The second-order valence-corrected chi connectivity index (χ2v) is 7.17. The van der Waals surface area contributed by atoms with Crippen LogP contribution >= 0.6 is 0 Å². The van der Waals surface area contributed by atoms with E-state index >= 15 is 0 Å². The van der Waals surface area contributed by atoms with Gasteiger partial charge in [0, 0.05) is 11.1 Å². The van der Waals surface area contributed by atoms with Crippen molar-refractivity contribution >= 4 is 18.9 Å². The van der Waals surface area contributed by atoms with E-state index < -0.39 is 0 Å². The van der Waals surface area contributed by atoms with Gasteiger partial charge in [-0.2, -0.15) is 0 Å². The Hall–Kier alpha value is -4.31. The Balaban J connectivity index is 1.88. The van der Waals surface area contributed by atoms with Crippen LogP contribution < -0.4 is 0 Å². The number of hydrogen-bond donors (Lipinski definition) is 1. The van der Waals surface area contributed by atoms with Crippen LogP contribution in [0, 0.1) is 0 Å². The highest BCUT2D eigenvalue weighted by Crippen LogP contribution is 2.34. The smallest absolute Gasteiger partial charge is 0.153 e. The lowest BCUT2D eigenvalue weighted by Gasteiger charge is -2.12. The predicted octanol–water partition coefficient (Wildman–Crippen LogP) is 5.83. The first kappa shape index (κ1) is 20.0. The van der Waals surface area contributed by atoms with Gasteiger partial charge in [-0.25, -0.2) is 0 Å². The zero-order valence-corrected chi connectivity index (χ0v) is 16.5. The third kappa shape index (κ3) is 4.19. The quantitative estimate of drug-likeness (QED) is 0.409. The van der Waals surface area contributed by atoms with Gasteiger partial charge in [-0.1, -0.05) is 54.6 Å². The Morgan fingerprint density at radius 3 is 1.26 bits per heavy atom. The third-order valence-corrected chi connectivity index (χ3v) is 5.18. The summed E-state index contributed by atoms with van der Waals surface area (Å²) in [6, 6.07) is 25.6. The number of phenols is 1. The van der Waals surface area contributed by atoms with E-state index in [1.807, 2.05) is 42.5 Å². The molecule has 0 aliphatic rings. The number of aromatic hydroxyl groups is 1. The molecule has 0 aliphatic heterocycles. The molecule has 0 aliphatic carbocycles. The molecule has 0 radical (unpaired) electrons. The molecule has 4 aromatic carbocycles. The van der Waals surface area contributed by atoms with Crippen LogP contribution in [0.5, 0.6) is 5.75 Å². The van der Waals surface area contributed by atoms with Crippen molar-refractivity contribution in [1.82, 2.24) is 0 Å². The van der Waals surface area contributed by atoms with Crippen molar-refractivity contribution < 1.29 is 19.5 Å². The highest BCUT2D eigenvalue weighted by Gasteiger charge is 2.10. The minimum absolute atomic E-state index is 0.0786. The minimum Gasteiger partial charge on any atom is -0.507 e. The summed E-state index contributed by atoms with van der Waals surface area (Å²) in [5.41, 5.74) is 6.79. The second-order valence-electron chi connectivity index (χ2n) is 7.17. The molecule has 1 N–H and O–H groups in total. The highest BCUT2D eigenvalue weighted by molar-refractivity contribution is 5.86. The molecule has 150 valence electrons. The zero-order chi connectivity index (χ0) is 21.8. The Labute approximate surface area is 179 Å². The van der Waals surface area contributed by atoms with E-state index in [0.717, 1.165) is 46.0 Å². The van der Waals surface area contributed by atoms with Crippen LogP contribution in [-0.4, -0.2) is 24.0 Å². The minimum atomic E-state index is -0.0786. The summed E-state index contributed by atoms with van der Waals surface area (Å²) in [6.45, 7) is 0. The molecule has 0 saturated carbocycles. The van der Waals surface area contributed by atoms with E-state index in [1.54, 1.807) is 42.5 Å². The first-order valence-electron chi connectivity index (χ1n) is 9.66. The molecule has 0 spiro atoms. The SMILES string of the molecule is O=Cc1ccc(-c2cc(-c3ccc(C=O)cc3)cc(-c3ccc(C=O)c(O)c3)c2)cc1. The van der Waals surface area contributed by atoms with Crippen LogP contribution in [0.4, 0.5) is 0 Å². The molecular formula is C27H18O4. The second kappa shape index (κ2) is 8.59. The molecule has 4 heteroatoms. The zero-order valence-electron chi connectivity index (χ0n) is 16.5. The summed E-state index contributed by atoms with van der Waals surface area (Å²) in [5.74, 6) is -0.0786. The number of aldehydes is 3. The largest absolute Gasteiger partial charge is 0.507 e. The molecule has 0 heterocycles. The van der Waals surface area contributed by atoms with Gasteiger partial charge in [0.15, 0.2) is 6.29 Å². The standard InChI is InChI=1S/C27H18O4/c28-15-18-1-5-20(6-2-18)24-11-25(21-7-3-19(16-29)4-8-21)13-26(12-24)22-9-10-23(17-30)27(31)14-22/h1-17,31H. The van der Waals surface area contributed by atoms with Crippen molar-refractivity contribution in [2.24, 2.45) is 0 Å². The Kier molecular flexibility index (Phi) is 5.54. The highest BCUT2D eigenvalue weighted by atomic mass is 16.3. The van der Waals surface area contributed by atoms with E-state index in [-0.39, 0.29) is 11.3 Å². The Morgan fingerprint density at radius 1 is 0.452 bits per heavy atom. The molecule has 0 atom stereocenters. The van der Waals surface area contributed by atoms with Crippen molar-refractivity contribution in [3.8, 4) is 39.1 Å². The number of carbonyl (C=O) groups is 3. The number of hydrogen-bond acceptors (Lipinski definition) is 4. The lowest BCUT2D eigenvalue weighted by molar-refractivity contribution is 0.111. The fourth-order valence-corrected chi connectivity index (χ4v) is 3.46. The van der Waals surface area contributed by atoms with Crippen LogP contribution in [0.25, 0.3) is 33.4 Å². The van der Waals surface area contributed by atoms with E-state index in [0.29, 0.717) is 17.4 Å². The molecule has 0 aromatic heterocycles. The van der Waals surface area contributed by atoms with Gasteiger partial charge in [-0.3, -0.25) is 14.4 Å². The maximum absolute atomic E-state index is 11.0. The lowest BCUT2D eigenvalue weighted by Crippen LogP contribution is -1.89. The van der Waals surface area contributed by atoms with Crippen LogP contribution in [-0.2, 0) is 0 Å². The average Bonchev–Trinajstić information content (AvgIpc) is 2.83. The lowest BCUT2D eigenvalue weighted by atomic mass is 9.92. The molecular weight excluding hydrogens is 388 g/mol. The van der Waals surface area contributed by atoms with Crippen LogP contribution in [0.1, 0.15) is 31.1 Å². The van der Waals surface area contributed by atoms with Crippen LogP contribution in [0.2, 0.25) is 0 Å². The van der Waals surface area contributed by atoms with Gasteiger partial charge >= 0.3 is 0 Å².